The van der Waals surface area contributed by atoms with Crippen LogP contribution < -0.4 is 9.47 Å². The summed E-state index contributed by atoms with van der Waals surface area (Å²) in [6, 6.07) is 27.9. The summed E-state index contributed by atoms with van der Waals surface area (Å²) in [5, 5.41) is 18.2. The standard InChI is InChI=1S/C44H42N4O6/c1-3-44(4-2,24-23-41(51)52)54-35-17-9-29(10-18-35)43-38-21-13-32(47-38)26-30-11-19-36(45-30)42(28-7-15-34(16-8-28)53-25-5-6-40(49)50)37-20-12-31(46-37)27-33-14-22-39(43)48-33/h7-22,26-27,45,48H,3-6,23-25H2,1-2H3,(H,49,50)(H,51,52). The number of carboxylic acid groups (broad SMARTS) is 2. The molecule has 0 amide bonds. The maximum absolute atomic E-state index is 11.3. The fourth-order valence-corrected chi connectivity index (χ4v) is 6.88. The van der Waals surface area contributed by atoms with Crippen molar-refractivity contribution < 1.29 is 29.3 Å². The predicted octanol–water partition coefficient (Wildman–Crippen LogP) is 10.0. The Kier molecular flexibility index (Phi) is 10.4. The number of carboxylic acids is 2. The van der Waals surface area contributed by atoms with Crippen molar-refractivity contribution in [1.82, 2.24) is 19.9 Å². The number of nitrogens with one attached hydrogen (secondary N) is 2. The topological polar surface area (TPSA) is 150 Å². The van der Waals surface area contributed by atoms with Crippen LogP contribution in [0.1, 0.15) is 75.1 Å². The molecule has 54 heavy (non-hydrogen) atoms. The number of carbonyl (C=O) groups is 2. The monoisotopic (exact) mass is 722 g/mol. The van der Waals surface area contributed by atoms with Crippen molar-refractivity contribution in [3.05, 3.63) is 108 Å². The van der Waals surface area contributed by atoms with E-state index < -0.39 is 17.5 Å². The second-order valence-electron chi connectivity index (χ2n) is 13.5. The third kappa shape index (κ3) is 8.13. The van der Waals surface area contributed by atoms with E-state index in [9.17, 15) is 14.7 Å². The van der Waals surface area contributed by atoms with Gasteiger partial charge < -0.3 is 29.7 Å². The molecular formula is C44H42N4O6. The minimum atomic E-state index is -0.835. The van der Waals surface area contributed by atoms with Gasteiger partial charge in [-0.25, -0.2) is 9.97 Å². The normalized spacial score (nSPS) is 12.2. The van der Waals surface area contributed by atoms with E-state index in [0.717, 1.165) is 67.1 Å². The van der Waals surface area contributed by atoms with E-state index in [1.807, 2.05) is 117 Å². The number of H-pyrrole nitrogens is 2. The molecule has 2 aromatic carbocycles. The number of aromatic amines is 2. The number of fused-ring (bicyclic) bond motifs is 8. The Bertz CT molecular complexity index is 2400. The molecule has 2 aliphatic rings. The molecular weight excluding hydrogens is 681 g/mol. The van der Waals surface area contributed by atoms with Crippen molar-refractivity contribution >= 4 is 58.3 Å². The number of hydrogen-bond donors (Lipinski definition) is 4. The Balaban J connectivity index is 1.29. The number of aromatic nitrogens is 4. The molecule has 0 atom stereocenters. The molecule has 0 fully saturated rings. The molecule has 0 spiro atoms. The molecule has 10 nitrogen and oxygen atoms in total. The maximum Gasteiger partial charge on any atom is 0.303 e. The maximum atomic E-state index is 11.3. The summed E-state index contributed by atoms with van der Waals surface area (Å²) in [6.45, 7) is 4.40. The molecule has 7 rings (SSSR count). The Labute approximate surface area is 312 Å². The van der Waals surface area contributed by atoms with Crippen molar-refractivity contribution in [2.75, 3.05) is 6.61 Å². The fourth-order valence-electron chi connectivity index (χ4n) is 6.88. The van der Waals surface area contributed by atoms with Crippen LogP contribution in [0.15, 0.2) is 84.9 Å². The molecule has 0 radical (unpaired) electrons. The quantitative estimate of drug-likeness (QED) is 0.0810. The Morgan fingerprint density at radius 2 is 1.15 bits per heavy atom. The van der Waals surface area contributed by atoms with Crippen LogP contribution in [0.4, 0.5) is 0 Å². The van der Waals surface area contributed by atoms with E-state index in [-0.39, 0.29) is 12.8 Å². The highest BCUT2D eigenvalue weighted by Gasteiger charge is 2.29. The average molecular weight is 723 g/mol. The van der Waals surface area contributed by atoms with Crippen molar-refractivity contribution in [3.8, 4) is 33.8 Å². The van der Waals surface area contributed by atoms with E-state index in [0.29, 0.717) is 43.8 Å². The third-order valence-corrected chi connectivity index (χ3v) is 9.91. The lowest BCUT2D eigenvalue weighted by Gasteiger charge is -2.32. The van der Waals surface area contributed by atoms with E-state index >= 15 is 0 Å². The molecule has 274 valence electrons. The third-order valence-electron chi connectivity index (χ3n) is 9.91. The number of ether oxygens (including phenoxy) is 2. The lowest BCUT2D eigenvalue weighted by molar-refractivity contribution is -0.138. The molecule has 0 saturated heterocycles. The van der Waals surface area contributed by atoms with Gasteiger partial charge in [0.1, 0.15) is 17.1 Å². The molecule has 2 aliphatic heterocycles. The summed E-state index contributed by atoms with van der Waals surface area (Å²) in [4.78, 5) is 39.5. The van der Waals surface area contributed by atoms with Gasteiger partial charge in [-0.05, 0) is 122 Å². The van der Waals surface area contributed by atoms with E-state index in [1.165, 1.54) is 0 Å². The van der Waals surface area contributed by atoms with Gasteiger partial charge in [-0.1, -0.05) is 38.1 Å². The first kappa shape index (κ1) is 36.0. The van der Waals surface area contributed by atoms with Crippen LogP contribution in [-0.4, -0.2) is 54.3 Å². The number of benzene rings is 2. The molecule has 5 heterocycles. The van der Waals surface area contributed by atoms with Crippen molar-refractivity contribution in [2.24, 2.45) is 0 Å². The van der Waals surface area contributed by atoms with Gasteiger partial charge in [-0.2, -0.15) is 0 Å². The number of aliphatic carboxylic acids is 2. The van der Waals surface area contributed by atoms with Crippen LogP contribution in [0.3, 0.4) is 0 Å². The van der Waals surface area contributed by atoms with Gasteiger partial charge in [0, 0.05) is 46.0 Å². The Morgan fingerprint density at radius 1 is 0.648 bits per heavy atom. The highest BCUT2D eigenvalue weighted by molar-refractivity contribution is 5.93. The predicted molar refractivity (Wildman–Crippen MR) is 213 cm³/mol. The van der Waals surface area contributed by atoms with E-state index in [2.05, 4.69) is 16.0 Å². The van der Waals surface area contributed by atoms with Crippen LogP contribution in [0.2, 0.25) is 0 Å². The smallest absolute Gasteiger partial charge is 0.303 e. The number of nitrogens with zero attached hydrogens (tertiary/aromatic N) is 2. The van der Waals surface area contributed by atoms with Crippen LogP contribution in [-0.2, 0) is 9.59 Å². The van der Waals surface area contributed by atoms with Gasteiger partial charge in [0.25, 0.3) is 0 Å². The van der Waals surface area contributed by atoms with Crippen LogP contribution in [0, 0.1) is 0 Å². The Hall–Kier alpha value is -6.42. The Morgan fingerprint density at radius 3 is 1.63 bits per heavy atom. The van der Waals surface area contributed by atoms with Crippen LogP contribution in [0.25, 0.3) is 68.6 Å². The molecule has 4 N–H and O–H groups in total. The lowest BCUT2D eigenvalue weighted by atomic mass is 9.91. The average Bonchev–Trinajstić information content (AvgIpc) is 4.01. The van der Waals surface area contributed by atoms with Gasteiger partial charge in [0.05, 0.1) is 29.4 Å². The first-order valence-electron chi connectivity index (χ1n) is 18.3. The molecule has 3 aromatic heterocycles. The van der Waals surface area contributed by atoms with E-state index in [1.54, 1.807) is 0 Å². The van der Waals surface area contributed by atoms with Crippen molar-refractivity contribution in [1.29, 1.82) is 0 Å². The van der Waals surface area contributed by atoms with Gasteiger partial charge in [0.15, 0.2) is 0 Å². The second-order valence-corrected chi connectivity index (χ2v) is 13.5. The van der Waals surface area contributed by atoms with Crippen LogP contribution in [0.5, 0.6) is 11.5 Å². The zero-order chi connectivity index (χ0) is 37.7. The largest absolute Gasteiger partial charge is 0.494 e. The van der Waals surface area contributed by atoms with Gasteiger partial charge >= 0.3 is 11.9 Å². The van der Waals surface area contributed by atoms with Gasteiger partial charge in [0.2, 0.25) is 0 Å². The lowest BCUT2D eigenvalue weighted by Crippen LogP contribution is -2.35. The fraction of sp³-hybridized carbons (Fsp3) is 0.227. The second kappa shape index (κ2) is 15.7. The van der Waals surface area contributed by atoms with Crippen molar-refractivity contribution in [2.45, 2.75) is 58.0 Å². The van der Waals surface area contributed by atoms with Gasteiger partial charge in [-0.3, -0.25) is 9.59 Å². The van der Waals surface area contributed by atoms with E-state index in [4.69, 9.17) is 24.5 Å². The molecule has 0 aliphatic carbocycles. The summed E-state index contributed by atoms with van der Waals surface area (Å²) >= 11 is 0. The summed E-state index contributed by atoms with van der Waals surface area (Å²) in [5.74, 6) is -0.292. The number of hydrogen-bond acceptors (Lipinski definition) is 6. The molecule has 8 bridgehead atoms. The SMILES string of the molecule is CCC(CC)(CCC(=O)O)Oc1ccc(-c2c3nc(cc4ccc([nH]4)c(-c4ccc(OCCCC(=O)O)cc4)c4nc(cc5ccc2[nH]5)C=C4)C=C3)cc1. The molecule has 0 unspecified atom stereocenters. The molecule has 5 aromatic rings. The highest BCUT2D eigenvalue weighted by atomic mass is 16.5. The minimum absolute atomic E-state index is 0.0558. The number of rotatable bonds is 14. The van der Waals surface area contributed by atoms with Crippen LogP contribution >= 0.6 is 0 Å². The summed E-state index contributed by atoms with van der Waals surface area (Å²) < 4.78 is 12.2. The summed E-state index contributed by atoms with van der Waals surface area (Å²) in [7, 11) is 0. The zero-order valence-corrected chi connectivity index (χ0v) is 30.3. The van der Waals surface area contributed by atoms with Crippen molar-refractivity contribution in [3.63, 3.8) is 0 Å². The molecule has 10 heteroatoms. The zero-order valence-electron chi connectivity index (χ0n) is 30.3. The summed E-state index contributed by atoms with van der Waals surface area (Å²) in [5.41, 5.74) is 10.0. The first-order chi connectivity index (χ1) is 26.2. The minimum Gasteiger partial charge on any atom is -0.494 e. The van der Waals surface area contributed by atoms with Gasteiger partial charge in [-0.15, -0.1) is 0 Å². The first-order valence-corrected chi connectivity index (χ1v) is 18.3. The highest BCUT2D eigenvalue weighted by Crippen LogP contribution is 2.35. The molecule has 0 saturated carbocycles. The summed E-state index contributed by atoms with van der Waals surface area (Å²) in [6.07, 6.45) is 10.5.